The second kappa shape index (κ2) is 6.30. The Balaban J connectivity index is 1.67. The monoisotopic (exact) mass is 399 g/mol. The lowest BCUT2D eigenvalue weighted by atomic mass is 10.0. The number of anilines is 2. The summed E-state index contributed by atoms with van der Waals surface area (Å²) in [5.74, 6) is 0. The molecular weight excluding hydrogens is 382 g/mol. The minimum absolute atomic E-state index is 1.13. The molecule has 0 bridgehead atoms. The Bertz CT molecular complexity index is 1110. The van der Waals surface area contributed by atoms with E-state index in [1.807, 2.05) is 0 Å². The van der Waals surface area contributed by atoms with Gasteiger partial charge in [-0.05, 0) is 53.1 Å². The van der Waals surface area contributed by atoms with Crippen LogP contribution in [0, 0.1) is 0 Å². The standard InChI is InChI=1S/C24H18BrN/c25-20-14-12-17-10-11-18-13-15-22(24(20)23(17)18)26-21-9-5-4-8-19(21)16-6-2-1-3-7-16/h1-9,12-15,26H,10-11H2. The number of nitrogens with one attached hydrogen (secondary N) is 1. The summed E-state index contributed by atoms with van der Waals surface area (Å²) in [5.41, 5.74) is 7.64. The van der Waals surface area contributed by atoms with Gasteiger partial charge in [0.1, 0.15) is 0 Å². The third-order valence-electron chi connectivity index (χ3n) is 5.23. The first-order chi connectivity index (χ1) is 12.8. The van der Waals surface area contributed by atoms with E-state index in [9.17, 15) is 0 Å². The van der Waals surface area contributed by atoms with E-state index in [2.05, 4.69) is 100 Å². The van der Waals surface area contributed by atoms with Crippen LogP contribution in [0.25, 0.3) is 21.9 Å². The average Bonchev–Trinajstić information content (AvgIpc) is 3.11. The quantitative estimate of drug-likeness (QED) is 0.386. The number of hydrogen-bond donors (Lipinski definition) is 1. The van der Waals surface area contributed by atoms with Gasteiger partial charge in [0.25, 0.3) is 0 Å². The van der Waals surface area contributed by atoms with Crippen molar-refractivity contribution >= 4 is 38.1 Å². The first-order valence-electron chi connectivity index (χ1n) is 8.96. The molecule has 4 aromatic rings. The summed E-state index contributed by atoms with van der Waals surface area (Å²) >= 11 is 3.78. The molecule has 1 nitrogen and oxygen atoms in total. The molecule has 126 valence electrons. The van der Waals surface area contributed by atoms with E-state index in [1.165, 1.54) is 33.0 Å². The molecule has 0 fully saturated rings. The number of aryl methyl sites for hydroxylation is 2. The van der Waals surface area contributed by atoms with E-state index < -0.39 is 0 Å². The van der Waals surface area contributed by atoms with Crippen LogP contribution in [-0.4, -0.2) is 0 Å². The van der Waals surface area contributed by atoms with Crippen molar-refractivity contribution in [2.75, 3.05) is 5.32 Å². The van der Waals surface area contributed by atoms with Gasteiger partial charge in [0, 0.05) is 26.8 Å². The predicted molar refractivity (Wildman–Crippen MR) is 114 cm³/mol. The molecule has 4 aromatic carbocycles. The molecule has 0 unspecified atom stereocenters. The molecule has 0 spiro atoms. The summed E-state index contributed by atoms with van der Waals surface area (Å²) in [4.78, 5) is 0. The normalized spacial score (nSPS) is 12.5. The second-order valence-corrected chi connectivity index (χ2v) is 7.62. The van der Waals surface area contributed by atoms with E-state index >= 15 is 0 Å². The second-order valence-electron chi connectivity index (χ2n) is 6.77. The molecule has 0 aromatic heterocycles. The molecule has 5 rings (SSSR count). The van der Waals surface area contributed by atoms with Crippen molar-refractivity contribution in [2.45, 2.75) is 12.8 Å². The van der Waals surface area contributed by atoms with Gasteiger partial charge in [-0.2, -0.15) is 0 Å². The maximum absolute atomic E-state index is 3.78. The molecule has 0 heterocycles. The molecule has 0 atom stereocenters. The van der Waals surface area contributed by atoms with Crippen molar-refractivity contribution in [3.05, 3.63) is 94.5 Å². The van der Waals surface area contributed by atoms with Crippen LogP contribution in [0.3, 0.4) is 0 Å². The van der Waals surface area contributed by atoms with Crippen molar-refractivity contribution in [3.8, 4) is 11.1 Å². The fourth-order valence-electron chi connectivity index (χ4n) is 4.00. The first kappa shape index (κ1) is 15.7. The number of halogens is 1. The Morgan fingerprint density at radius 2 is 1.31 bits per heavy atom. The van der Waals surface area contributed by atoms with Gasteiger partial charge in [-0.3, -0.25) is 0 Å². The zero-order chi connectivity index (χ0) is 17.5. The van der Waals surface area contributed by atoms with E-state index in [1.54, 1.807) is 0 Å². The lowest BCUT2D eigenvalue weighted by Crippen LogP contribution is -1.95. The summed E-state index contributed by atoms with van der Waals surface area (Å²) < 4.78 is 1.15. The summed E-state index contributed by atoms with van der Waals surface area (Å²) in [6.07, 6.45) is 2.28. The van der Waals surface area contributed by atoms with Crippen LogP contribution in [-0.2, 0) is 12.8 Å². The number of benzene rings is 4. The van der Waals surface area contributed by atoms with Gasteiger partial charge in [-0.15, -0.1) is 0 Å². The number of hydrogen-bond acceptors (Lipinski definition) is 1. The Kier molecular flexibility index (Phi) is 3.79. The molecule has 26 heavy (non-hydrogen) atoms. The van der Waals surface area contributed by atoms with Crippen LogP contribution in [0.1, 0.15) is 11.1 Å². The van der Waals surface area contributed by atoms with E-state index in [0.29, 0.717) is 0 Å². The van der Waals surface area contributed by atoms with Gasteiger partial charge in [0.05, 0.1) is 0 Å². The third kappa shape index (κ3) is 2.53. The van der Waals surface area contributed by atoms with E-state index in [0.717, 1.165) is 28.7 Å². The van der Waals surface area contributed by atoms with Gasteiger partial charge in [-0.1, -0.05) is 76.6 Å². The topological polar surface area (TPSA) is 12.0 Å². The highest BCUT2D eigenvalue weighted by molar-refractivity contribution is 9.10. The molecule has 0 saturated carbocycles. The summed E-state index contributed by atoms with van der Waals surface area (Å²) in [6, 6.07) is 28.0. The molecule has 1 aliphatic carbocycles. The van der Waals surface area contributed by atoms with Gasteiger partial charge >= 0.3 is 0 Å². The molecule has 0 amide bonds. The molecular formula is C24H18BrN. The fourth-order valence-corrected chi connectivity index (χ4v) is 4.54. The minimum atomic E-state index is 1.13. The van der Waals surface area contributed by atoms with Gasteiger partial charge in [-0.25, -0.2) is 0 Å². The Labute approximate surface area is 161 Å². The van der Waals surface area contributed by atoms with Crippen LogP contribution in [0.15, 0.2) is 83.3 Å². The highest BCUT2D eigenvalue weighted by Crippen LogP contribution is 2.41. The summed E-state index contributed by atoms with van der Waals surface area (Å²) in [5, 5.41) is 6.42. The summed E-state index contributed by atoms with van der Waals surface area (Å²) in [7, 11) is 0. The zero-order valence-electron chi connectivity index (χ0n) is 14.3. The highest BCUT2D eigenvalue weighted by atomic mass is 79.9. The smallest absolute Gasteiger partial charge is 0.0475 e. The Morgan fingerprint density at radius 3 is 2.12 bits per heavy atom. The van der Waals surface area contributed by atoms with Crippen LogP contribution >= 0.6 is 15.9 Å². The van der Waals surface area contributed by atoms with Crippen molar-refractivity contribution in [3.63, 3.8) is 0 Å². The molecule has 2 heteroatoms. The molecule has 0 saturated heterocycles. The van der Waals surface area contributed by atoms with Crippen LogP contribution < -0.4 is 5.32 Å². The van der Waals surface area contributed by atoms with E-state index in [-0.39, 0.29) is 0 Å². The minimum Gasteiger partial charge on any atom is -0.354 e. The molecule has 0 radical (unpaired) electrons. The van der Waals surface area contributed by atoms with Crippen molar-refractivity contribution in [2.24, 2.45) is 0 Å². The van der Waals surface area contributed by atoms with Gasteiger partial charge in [0.15, 0.2) is 0 Å². The summed E-state index contributed by atoms with van der Waals surface area (Å²) in [6.45, 7) is 0. The van der Waals surface area contributed by atoms with Crippen molar-refractivity contribution in [1.82, 2.24) is 0 Å². The average molecular weight is 400 g/mol. The van der Waals surface area contributed by atoms with Crippen molar-refractivity contribution in [1.29, 1.82) is 0 Å². The third-order valence-corrected chi connectivity index (χ3v) is 5.89. The maximum atomic E-state index is 3.78. The van der Waals surface area contributed by atoms with Gasteiger partial charge < -0.3 is 5.32 Å². The Morgan fingerprint density at radius 1 is 0.615 bits per heavy atom. The number of rotatable bonds is 3. The fraction of sp³-hybridized carbons (Fsp3) is 0.0833. The largest absolute Gasteiger partial charge is 0.354 e. The lowest BCUT2D eigenvalue weighted by molar-refractivity contribution is 1.02. The van der Waals surface area contributed by atoms with Crippen LogP contribution in [0.5, 0.6) is 0 Å². The predicted octanol–water partition coefficient (Wildman–Crippen LogP) is 7.11. The van der Waals surface area contributed by atoms with Crippen LogP contribution in [0.2, 0.25) is 0 Å². The molecule has 0 aliphatic heterocycles. The zero-order valence-corrected chi connectivity index (χ0v) is 15.9. The lowest BCUT2D eigenvalue weighted by Gasteiger charge is -2.16. The van der Waals surface area contributed by atoms with Crippen LogP contribution in [0.4, 0.5) is 11.4 Å². The first-order valence-corrected chi connectivity index (χ1v) is 9.75. The Hall–Kier alpha value is -2.58. The molecule has 1 aliphatic rings. The molecule has 1 N–H and O–H groups in total. The SMILES string of the molecule is Brc1ccc2c3c(ccc(Nc4ccccc4-c4ccccc4)c13)CC2. The highest BCUT2D eigenvalue weighted by Gasteiger charge is 2.18. The van der Waals surface area contributed by atoms with Gasteiger partial charge in [0.2, 0.25) is 0 Å². The maximum Gasteiger partial charge on any atom is 0.0475 e. The number of para-hydroxylation sites is 1. The van der Waals surface area contributed by atoms with E-state index in [4.69, 9.17) is 0 Å². The van der Waals surface area contributed by atoms with Crippen molar-refractivity contribution < 1.29 is 0 Å².